The lowest BCUT2D eigenvalue weighted by atomic mass is 9.91. The summed E-state index contributed by atoms with van der Waals surface area (Å²) in [5.74, 6) is 0. The summed E-state index contributed by atoms with van der Waals surface area (Å²) in [6.07, 6.45) is 3.08. The molecular formula is C13H22N2. The molecule has 1 aromatic heterocycles. The van der Waals surface area contributed by atoms with E-state index in [-0.39, 0.29) is 5.41 Å². The Labute approximate surface area is 93.3 Å². The van der Waals surface area contributed by atoms with Crippen LogP contribution in [0.25, 0.3) is 0 Å². The second-order valence-corrected chi connectivity index (χ2v) is 5.35. The van der Waals surface area contributed by atoms with Crippen molar-refractivity contribution in [1.82, 2.24) is 9.88 Å². The van der Waals surface area contributed by atoms with Crippen molar-refractivity contribution in [3.8, 4) is 0 Å². The number of likely N-dealkylation sites (N-methyl/N-ethyl adjacent to an activating group) is 1. The summed E-state index contributed by atoms with van der Waals surface area (Å²) in [6, 6.07) is 4.34. The Balaban J connectivity index is 2.65. The molecule has 0 aliphatic rings. The molecule has 0 radical (unpaired) electrons. The van der Waals surface area contributed by atoms with Gasteiger partial charge < -0.3 is 4.90 Å². The van der Waals surface area contributed by atoms with E-state index in [9.17, 15) is 0 Å². The Kier molecular flexibility index (Phi) is 3.86. The van der Waals surface area contributed by atoms with Gasteiger partial charge in [0, 0.05) is 23.9 Å². The van der Waals surface area contributed by atoms with Gasteiger partial charge in [0.05, 0.1) is 0 Å². The fourth-order valence-corrected chi connectivity index (χ4v) is 1.37. The Hall–Kier alpha value is -0.890. The average molecular weight is 206 g/mol. The maximum atomic E-state index is 4.51. The van der Waals surface area contributed by atoms with Crippen LogP contribution in [0.4, 0.5) is 0 Å². The van der Waals surface area contributed by atoms with Crippen LogP contribution in [0.1, 0.15) is 32.0 Å². The molecule has 0 unspecified atom stereocenters. The van der Waals surface area contributed by atoms with Crippen LogP contribution in [-0.2, 0) is 11.8 Å². The maximum absolute atomic E-state index is 4.51. The molecular weight excluding hydrogens is 184 g/mol. The van der Waals surface area contributed by atoms with Crippen molar-refractivity contribution in [2.45, 2.75) is 32.6 Å². The zero-order chi connectivity index (χ0) is 11.5. The van der Waals surface area contributed by atoms with E-state index in [2.05, 4.69) is 56.9 Å². The quantitative estimate of drug-likeness (QED) is 0.755. The van der Waals surface area contributed by atoms with E-state index in [1.165, 1.54) is 5.56 Å². The largest absolute Gasteiger partial charge is 0.309 e. The Bertz CT molecular complexity index is 293. The molecule has 0 spiro atoms. The van der Waals surface area contributed by atoms with E-state index in [0.717, 1.165) is 18.7 Å². The first-order chi connectivity index (χ1) is 6.89. The molecule has 0 fully saturated rings. The summed E-state index contributed by atoms with van der Waals surface area (Å²) in [4.78, 5) is 6.70. The van der Waals surface area contributed by atoms with Crippen molar-refractivity contribution in [1.29, 1.82) is 0 Å². The first-order valence-corrected chi connectivity index (χ1v) is 5.50. The van der Waals surface area contributed by atoms with Gasteiger partial charge in [-0.1, -0.05) is 26.8 Å². The van der Waals surface area contributed by atoms with E-state index in [0.29, 0.717) is 0 Å². The third-order valence-corrected chi connectivity index (χ3v) is 2.44. The van der Waals surface area contributed by atoms with Crippen LogP contribution >= 0.6 is 0 Å². The molecule has 1 aromatic rings. The summed E-state index contributed by atoms with van der Waals surface area (Å²) in [5.41, 5.74) is 2.63. The van der Waals surface area contributed by atoms with Gasteiger partial charge in [-0.15, -0.1) is 0 Å². The first-order valence-electron chi connectivity index (χ1n) is 5.50. The molecule has 2 nitrogen and oxygen atoms in total. The predicted octanol–water partition coefficient (Wildman–Crippen LogP) is 2.48. The molecule has 1 heterocycles. The molecule has 0 aliphatic heterocycles. The summed E-state index contributed by atoms with van der Waals surface area (Å²) < 4.78 is 0. The number of rotatable bonds is 3. The Morgan fingerprint density at radius 3 is 2.27 bits per heavy atom. The highest BCUT2D eigenvalue weighted by atomic mass is 15.0. The third-order valence-electron chi connectivity index (χ3n) is 2.44. The second-order valence-electron chi connectivity index (χ2n) is 5.35. The number of aromatic nitrogens is 1. The Morgan fingerprint density at radius 2 is 1.87 bits per heavy atom. The normalized spacial score (nSPS) is 12.1. The molecule has 0 bridgehead atoms. The Morgan fingerprint density at radius 1 is 1.20 bits per heavy atom. The number of hydrogen-bond donors (Lipinski definition) is 0. The molecule has 0 saturated heterocycles. The summed E-state index contributed by atoms with van der Waals surface area (Å²) in [6.45, 7) is 7.65. The van der Waals surface area contributed by atoms with Crippen LogP contribution in [0.3, 0.4) is 0 Å². The van der Waals surface area contributed by atoms with Crippen molar-refractivity contribution >= 4 is 0 Å². The molecule has 0 amide bonds. The van der Waals surface area contributed by atoms with Crippen LogP contribution in [0, 0.1) is 0 Å². The first kappa shape index (κ1) is 12.2. The van der Waals surface area contributed by atoms with Crippen molar-refractivity contribution in [2.24, 2.45) is 0 Å². The van der Waals surface area contributed by atoms with Crippen LogP contribution in [-0.4, -0.2) is 30.5 Å². The molecule has 0 aromatic carbocycles. The highest BCUT2D eigenvalue weighted by Crippen LogP contribution is 2.19. The smallest absolute Gasteiger partial charge is 0.0457 e. The zero-order valence-electron chi connectivity index (χ0n) is 10.5. The van der Waals surface area contributed by atoms with Gasteiger partial charge >= 0.3 is 0 Å². The van der Waals surface area contributed by atoms with Gasteiger partial charge in [0.2, 0.25) is 0 Å². The van der Waals surface area contributed by atoms with E-state index in [1.54, 1.807) is 0 Å². The number of pyridine rings is 1. The van der Waals surface area contributed by atoms with Crippen molar-refractivity contribution in [2.75, 3.05) is 20.6 Å². The highest BCUT2D eigenvalue weighted by Gasteiger charge is 2.14. The van der Waals surface area contributed by atoms with Crippen molar-refractivity contribution in [3.63, 3.8) is 0 Å². The molecule has 84 valence electrons. The highest BCUT2D eigenvalue weighted by molar-refractivity contribution is 5.19. The van der Waals surface area contributed by atoms with Gasteiger partial charge in [-0.25, -0.2) is 0 Å². The minimum absolute atomic E-state index is 0.153. The standard InChI is InChI=1S/C13H22N2/c1-13(2,3)12-7-6-11(10-14-12)8-9-15(4)5/h6-7,10H,8-9H2,1-5H3. The number of nitrogens with zero attached hydrogens (tertiary/aromatic N) is 2. The fourth-order valence-electron chi connectivity index (χ4n) is 1.37. The van der Waals surface area contributed by atoms with Gasteiger partial charge in [0.15, 0.2) is 0 Å². The van der Waals surface area contributed by atoms with Gasteiger partial charge in [-0.3, -0.25) is 4.98 Å². The molecule has 0 saturated carbocycles. The van der Waals surface area contributed by atoms with E-state index in [1.807, 2.05) is 6.20 Å². The van der Waals surface area contributed by atoms with E-state index in [4.69, 9.17) is 0 Å². The minimum Gasteiger partial charge on any atom is -0.309 e. The molecule has 0 N–H and O–H groups in total. The van der Waals surface area contributed by atoms with Gasteiger partial charge in [-0.2, -0.15) is 0 Å². The zero-order valence-corrected chi connectivity index (χ0v) is 10.5. The molecule has 15 heavy (non-hydrogen) atoms. The lowest BCUT2D eigenvalue weighted by Crippen LogP contribution is -2.16. The van der Waals surface area contributed by atoms with Crippen LogP contribution in [0.2, 0.25) is 0 Å². The topological polar surface area (TPSA) is 16.1 Å². The second kappa shape index (κ2) is 4.75. The lowest BCUT2D eigenvalue weighted by Gasteiger charge is -2.17. The third kappa shape index (κ3) is 4.00. The fraction of sp³-hybridized carbons (Fsp3) is 0.615. The van der Waals surface area contributed by atoms with Crippen LogP contribution in [0.5, 0.6) is 0 Å². The monoisotopic (exact) mass is 206 g/mol. The van der Waals surface area contributed by atoms with Gasteiger partial charge in [0.25, 0.3) is 0 Å². The SMILES string of the molecule is CN(C)CCc1ccc(C(C)(C)C)nc1. The van der Waals surface area contributed by atoms with Crippen molar-refractivity contribution in [3.05, 3.63) is 29.6 Å². The molecule has 0 aliphatic carbocycles. The van der Waals surface area contributed by atoms with Gasteiger partial charge in [0.1, 0.15) is 0 Å². The summed E-state index contributed by atoms with van der Waals surface area (Å²) >= 11 is 0. The summed E-state index contributed by atoms with van der Waals surface area (Å²) in [5, 5.41) is 0. The van der Waals surface area contributed by atoms with Crippen LogP contribution < -0.4 is 0 Å². The average Bonchev–Trinajstić information content (AvgIpc) is 2.14. The molecule has 0 atom stereocenters. The van der Waals surface area contributed by atoms with Crippen molar-refractivity contribution < 1.29 is 0 Å². The summed E-state index contributed by atoms with van der Waals surface area (Å²) in [7, 11) is 4.19. The van der Waals surface area contributed by atoms with Gasteiger partial charge in [-0.05, 0) is 32.1 Å². The molecule has 1 rings (SSSR count). The molecule has 2 heteroatoms. The van der Waals surface area contributed by atoms with E-state index < -0.39 is 0 Å². The van der Waals surface area contributed by atoms with Crippen LogP contribution in [0.15, 0.2) is 18.3 Å². The minimum atomic E-state index is 0.153. The lowest BCUT2D eigenvalue weighted by molar-refractivity contribution is 0.413. The predicted molar refractivity (Wildman–Crippen MR) is 65.2 cm³/mol. The maximum Gasteiger partial charge on any atom is 0.0457 e. The van der Waals surface area contributed by atoms with E-state index >= 15 is 0 Å². The number of hydrogen-bond acceptors (Lipinski definition) is 2.